The Morgan fingerprint density at radius 2 is 2.17 bits per heavy atom. The Hall–Kier alpha value is -1.32. The van der Waals surface area contributed by atoms with Crippen LogP contribution in [0.1, 0.15) is 6.42 Å². The summed E-state index contributed by atoms with van der Waals surface area (Å²) in [6.07, 6.45) is 4.66. The van der Waals surface area contributed by atoms with Gasteiger partial charge in [0.15, 0.2) is 0 Å². The standard InChI is InChI=1S/C8H11NO3/c1-12-8(11)7(10)9-5-3-2-4-6-9/h2-3H,4-6H2,1H3. The minimum atomic E-state index is -0.787. The predicted octanol–water partition coefficient (Wildman–Crippen LogP) is -0.0521. The van der Waals surface area contributed by atoms with E-state index in [1.807, 2.05) is 12.2 Å². The molecule has 1 heterocycles. The van der Waals surface area contributed by atoms with E-state index in [-0.39, 0.29) is 0 Å². The van der Waals surface area contributed by atoms with Crippen LogP contribution in [0.25, 0.3) is 0 Å². The SMILES string of the molecule is COC(=O)C(=O)N1CC=CCC1. The van der Waals surface area contributed by atoms with Gasteiger partial charge in [-0.3, -0.25) is 4.79 Å². The van der Waals surface area contributed by atoms with Crippen molar-refractivity contribution in [3.05, 3.63) is 12.2 Å². The summed E-state index contributed by atoms with van der Waals surface area (Å²) < 4.78 is 4.31. The van der Waals surface area contributed by atoms with Crippen LogP contribution in [0.15, 0.2) is 12.2 Å². The van der Waals surface area contributed by atoms with Crippen LogP contribution in [0.2, 0.25) is 0 Å². The van der Waals surface area contributed by atoms with Crippen molar-refractivity contribution in [2.24, 2.45) is 0 Å². The zero-order valence-corrected chi connectivity index (χ0v) is 6.95. The maximum absolute atomic E-state index is 11.1. The second-order valence-electron chi connectivity index (χ2n) is 2.50. The number of carbonyl (C=O) groups excluding carboxylic acids is 2. The lowest BCUT2D eigenvalue weighted by atomic mass is 10.2. The van der Waals surface area contributed by atoms with E-state index in [1.165, 1.54) is 12.0 Å². The normalized spacial score (nSPS) is 15.9. The second kappa shape index (κ2) is 3.90. The molecular formula is C8H11NO3. The molecule has 1 aliphatic rings. The zero-order chi connectivity index (χ0) is 8.97. The maximum atomic E-state index is 11.1. The molecular weight excluding hydrogens is 158 g/mol. The van der Waals surface area contributed by atoms with Gasteiger partial charge in [-0.25, -0.2) is 4.79 Å². The highest BCUT2D eigenvalue weighted by atomic mass is 16.5. The molecule has 0 aromatic rings. The molecule has 1 rings (SSSR count). The summed E-state index contributed by atoms with van der Waals surface area (Å²) in [5.74, 6) is -1.34. The molecule has 0 radical (unpaired) electrons. The van der Waals surface area contributed by atoms with Crippen molar-refractivity contribution in [1.82, 2.24) is 4.90 Å². The molecule has 66 valence electrons. The molecule has 0 unspecified atom stereocenters. The molecule has 0 aromatic heterocycles. The fourth-order valence-electron chi connectivity index (χ4n) is 1.04. The lowest BCUT2D eigenvalue weighted by molar-refractivity contribution is -0.157. The number of ether oxygens (including phenoxy) is 1. The van der Waals surface area contributed by atoms with Crippen molar-refractivity contribution in [2.45, 2.75) is 6.42 Å². The van der Waals surface area contributed by atoms with Gasteiger partial charge in [0.1, 0.15) is 0 Å². The Morgan fingerprint density at radius 3 is 2.67 bits per heavy atom. The van der Waals surface area contributed by atoms with Crippen LogP contribution < -0.4 is 0 Å². The number of methoxy groups -OCH3 is 1. The second-order valence-corrected chi connectivity index (χ2v) is 2.50. The molecule has 12 heavy (non-hydrogen) atoms. The summed E-state index contributed by atoms with van der Waals surface area (Å²) in [6.45, 7) is 1.11. The number of hydrogen-bond donors (Lipinski definition) is 0. The van der Waals surface area contributed by atoms with Crippen LogP contribution in [0, 0.1) is 0 Å². The average Bonchev–Trinajstić information content (AvgIpc) is 2.17. The monoisotopic (exact) mass is 169 g/mol. The number of hydrogen-bond acceptors (Lipinski definition) is 3. The minimum absolute atomic E-state index is 0.508. The van der Waals surface area contributed by atoms with E-state index in [2.05, 4.69) is 4.74 Å². The molecule has 0 aliphatic carbocycles. The predicted molar refractivity (Wildman–Crippen MR) is 42.4 cm³/mol. The summed E-state index contributed by atoms with van der Waals surface area (Å²) in [5, 5.41) is 0. The molecule has 0 aromatic carbocycles. The molecule has 0 spiro atoms. The molecule has 4 heteroatoms. The van der Waals surface area contributed by atoms with E-state index in [0.717, 1.165) is 6.42 Å². The molecule has 0 N–H and O–H groups in total. The van der Waals surface area contributed by atoms with Crippen molar-refractivity contribution >= 4 is 11.9 Å². The lowest BCUT2D eigenvalue weighted by Gasteiger charge is -2.21. The van der Waals surface area contributed by atoms with Crippen LogP contribution in [0.5, 0.6) is 0 Å². The number of amides is 1. The van der Waals surface area contributed by atoms with Crippen molar-refractivity contribution < 1.29 is 14.3 Å². The van der Waals surface area contributed by atoms with E-state index in [0.29, 0.717) is 13.1 Å². The Balaban J connectivity index is 2.52. The van der Waals surface area contributed by atoms with Crippen LogP contribution in [0.4, 0.5) is 0 Å². The summed E-state index contributed by atoms with van der Waals surface area (Å²) >= 11 is 0. The van der Waals surface area contributed by atoms with Gasteiger partial charge in [0.2, 0.25) is 0 Å². The zero-order valence-electron chi connectivity index (χ0n) is 6.95. The molecule has 0 atom stereocenters. The van der Waals surface area contributed by atoms with Gasteiger partial charge < -0.3 is 9.64 Å². The molecule has 0 bridgehead atoms. The first-order valence-electron chi connectivity index (χ1n) is 3.78. The van der Waals surface area contributed by atoms with Gasteiger partial charge in [-0.15, -0.1) is 0 Å². The lowest BCUT2D eigenvalue weighted by Crippen LogP contribution is -2.39. The highest BCUT2D eigenvalue weighted by molar-refractivity contribution is 6.32. The molecule has 0 fully saturated rings. The third kappa shape index (κ3) is 1.84. The first-order valence-corrected chi connectivity index (χ1v) is 3.78. The minimum Gasteiger partial charge on any atom is -0.462 e. The molecule has 0 saturated carbocycles. The average molecular weight is 169 g/mol. The Bertz CT molecular complexity index is 222. The third-order valence-corrected chi connectivity index (χ3v) is 1.71. The van der Waals surface area contributed by atoms with Crippen molar-refractivity contribution in [2.75, 3.05) is 20.2 Å². The van der Waals surface area contributed by atoms with E-state index in [4.69, 9.17) is 0 Å². The third-order valence-electron chi connectivity index (χ3n) is 1.71. The fourth-order valence-corrected chi connectivity index (χ4v) is 1.04. The highest BCUT2D eigenvalue weighted by Crippen LogP contribution is 2.01. The number of carbonyl (C=O) groups is 2. The number of esters is 1. The van der Waals surface area contributed by atoms with Gasteiger partial charge in [0, 0.05) is 13.1 Å². The fraction of sp³-hybridized carbons (Fsp3) is 0.500. The van der Waals surface area contributed by atoms with Crippen molar-refractivity contribution in [3.8, 4) is 0 Å². The van der Waals surface area contributed by atoms with Crippen LogP contribution in [-0.4, -0.2) is 37.0 Å². The first kappa shape index (κ1) is 8.77. The van der Waals surface area contributed by atoms with Gasteiger partial charge in [-0.1, -0.05) is 12.2 Å². The van der Waals surface area contributed by atoms with Gasteiger partial charge in [0.25, 0.3) is 0 Å². The highest BCUT2D eigenvalue weighted by Gasteiger charge is 2.21. The maximum Gasteiger partial charge on any atom is 0.396 e. The van der Waals surface area contributed by atoms with Gasteiger partial charge in [0.05, 0.1) is 7.11 Å². The van der Waals surface area contributed by atoms with Crippen molar-refractivity contribution in [1.29, 1.82) is 0 Å². The molecule has 1 aliphatic heterocycles. The van der Waals surface area contributed by atoms with E-state index in [9.17, 15) is 9.59 Å². The van der Waals surface area contributed by atoms with E-state index >= 15 is 0 Å². The molecule has 0 saturated heterocycles. The van der Waals surface area contributed by atoms with Crippen LogP contribution >= 0.6 is 0 Å². The largest absolute Gasteiger partial charge is 0.462 e. The summed E-state index contributed by atoms with van der Waals surface area (Å²) in [4.78, 5) is 23.4. The molecule has 4 nitrogen and oxygen atoms in total. The Labute approximate surface area is 70.8 Å². The van der Waals surface area contributed by atoms with Gasteiger partial charge in [-0.05, 0) is 6.42 Å². The smallest absolute Gasteiger partial charge is 0.396 e. The van der Waals surface area contributed by atoms with Crippen LogP contribution in [-0.2, 0) is 14.3 Å². The number of rotatable bonds is 0. The summed E-state index contributed by atoms with van der Waals surface area (Å²) in [5.41, 5.74) is 0. The summed E-state index contributed by atoms with van der Waals surface area (Å²) in [6, 6.07) is 0. The van der Waals surface area contributed by atoms with Crippen molar-refractivity contribution in [3.63, 3.8) is 0 Å². The van der Waals surface area contributed by atoms with E-state index in [1.54, 1.807) is 0 Å². The van der Waals surface area contributed by atoms with Gasteiger partial charge >= 0.3 is 11.9 Å². The van der Waals surface area contributed by atoms with Crippen LogP contribution in [0.3, 0.4) is 0 Å². The number of nitrogens with zero attached hydrogens (tertiary/aromatic N) is 1. The Kier molecular flexibility index (Phi) is 2.85. The summed E-state index contributed by atoms with van der Waals surface area (Å²) in [7, 11) is 1.21. The van der Waals surface area contributed by atoms with Gasteiger partial charge in [-0.2, -0.15) is 0 Å². The molecule has 1 amide bonds. The Morgan fingerprint density at radius 1 is 1.42 bits per heavy atom. The quantitative estimate of drug-likeness (QED) is 0.290. The topological polar surface area (TPSA) is 46.6 Å². The van der Waals surface area contributed by atoms with E-state index < -0.39 is 11.9 Å². The first-order chi connectivity index (χ1) is 5.75.